The van der Waals surface area contributed by atoms with Gasteiger partial charge >= 0.3 is 0 Å². The van der Waals surface area contributed by atoms with Crippen LogP contribution in [0.2, 0.25) is 0 Å². The molecule has 0 saturated heterocycles. The molecular weight excluding hydrogens is 375 g/mol. The number of nitrogens with one attached hydrogen (secondary N) is 1. The number of carbonyl (C=O) groups excluding carboxylic acids is 2. The number of methoxy groups -OCH3 is 1. The van der Waals surface area contributed by atoms with Crippen molar-refractivity contribution in [3.05, 3.63) is 41.1 Å². The predicted molar refractivity (Wildman–Crippen MR) is 80.6 cm³/mol. The number of Topliss-reactive ketones (excluding diaryl/α,β-unsaturated/α-hetero) is 1. The molecule has 1 rings (SSSR count). The van der Waals surface area contributed by atoms with Gasteiger partial charge in [0.15, 0.2) is 5.76 Å². The molecule has 0 atom stereocenters. The van der Waals surface area contributed by atoms with Gasteiger partial charge in [-0.05, 0) is 18.7 Å². The molecule has 11 nitrogen and oxygen atoms in total. The van der Waals surface area contributed by atoms with Crippen LogP contribution in [0.25, 0.3) is 5.32 Å². The zero-order chi connectivity index (χ0) is 14.3. The standard InChI is InChI=1S/C12H14N2O5.Co.4H2O/c1-19-9-4-2-3-8(12(9)18)5-13-6-10(15)14-7-11(16)17;;;;;/h2-5H,6-7H2,1H3,(H3,13,14,15,16,17,18);;4*1H2/p-1. The molecule has 0 aromatic heterocycles. The Bertz CT molecular complexity index is 489. The molecule has 1 amide bonds. The SMILES string of the molecule is COC1=CC=C/C(=C/NCC(=O)[N-]CC(=O)O)C1=O.O.O.O.O.[Co]. The first-order chi connectivity index (χ1) is 9.04. The second kappa shape index (κ2) is 17.1. The molecule has 0 unspecified atom stereocenters. The maximum absolute atomic E-state index is 11.7. The van der Waals surface area contributed by atoms with Crippen LogP contribution in [0.5, 0.6) is 0 Å². The second-order valence-corrected chi connectivity index (χ2v) is 3.51. The number of amides is 1. The monoisotopic (exact) mass is 396 g/mol. The van der Waals surface area contributed by atoms with Crippen molar-refractivity contribution in [2.24, 2.45) is 0 Å². The number of carbonyl (C=O) groups is 3. The van der Waals surface area contributed by atoms with Gasteiger partial charge in [-0.3, -0.25) is 9.59 Å². The first-order valence-corrected chi connectivity index (χ1v) is 5.37. The largest absolute Gasteiger partial charge is 0.643 e. The van der Waals surface area contributed by atoms with Crippen LogP contribution >= 0.6 is 0 Å². The van der Waals surface area contributed by atoms with Gasteiger partial charge in [0.2, 0.25) is 5.78 Å². The minimum Gasteiger partial charge on any atom is -0.643 e. The van der Waals surface area contributed by atoms with E-state index in [2.05, 4.69) is 10.6 Å². The summed E-state index contributed by atoms with van der Waals surface area (Å²) in [5, 5.41) is 14.2. The number of ketones is 1. The Balaban J connectivity index is -0.000000241. The maximum atomic E-state index is 11.7. The van der Waals surface area contributed by atoms with E-state index in [-0.39, 0.29) is 56.8 Å². The van der Waals surface area contributed by atoms with E-state index < -0.39 is 18.4 Å². The molecule has 0 aliphatic heterocycles. The molecule has 1 radical (unpaired) electrons. The van der Waals surface area contributed by atoms with Crippen molar-refractivity contribution in [1.29, 1.82) is 0 Å². The molecule has 12 heteroatoms. The molecule has 1 aliphatic rings. The van der Waals surface area contributed by atoms with Crippen LogP contribution in [0, 0.1) is 0 Å². The van der Waals surface area contributed by atoms with E-state index in [4.69, 9.17) is 9.84 Å². The fraction of sp³-hybridized carbons (Fsp3) is 0.250. The molecule has 143 valence electrons. The van der Waals surface area contributed by atoms with Crippen molar-refractivity contribution in [3.8, 4) is 0 Å². The zero-order valence-corrected chi connectivity index (χ0v) is 13.6. The summed E-state index contributed by atoms with van der Waals surface area (Å²) in [6, 6.07) is 0. The summed E-state index contributed by atoms with van der Waals surface area (Å²) in [7, 11) is 1.39. The summed E-state index contributed by atoms with van der Waals surface area (Å²) in [5.74, 6) is -1.87. The number of nitrogens with zero attached hydrogens (tertiary/aromatic N) is 1. The Labute approximate surface area is 147 Å². The number of hydrogen-bond acceptors (Lipinski definition) is 5. The number of carboxylic acids is 1. The molecular formula is C12H21CoN2O9-. The maximum Gasteiger partial charge on any atom is 0.285 e. The third-order valence-electron chi connectivity index (χ3n) is 2.13. The summed E-state index contributed by atoms with van der Waals surface area (Å²) < 4.78 is 4.87. The Morgan fingerprint density at radius 1 is 1.29 bits per heavy atom. The minimum atomic E-state index is -1.17. The molecule has 10 N–H and O–H groups in total. The van der Waals surface area contributed by atoms with Crippen LogP contribution < -0.4 is 5.32 Å². The van der Waals surface area contributed by atoms with Gasteiger partial charge in [0.25, 0.3) is 5.97 Å². The van der Waals surface area contributed by atoms with E-state index in [1.807, 2.05) is 0 Å². The fourth-order valence-electron chi connectivity index (χ4n) is 1.27. The van der Waals surface area contributed by atoms with Crippen molar-refractivity contribution >= 4 is 17.7 Å². The number of ether oxygens (including phenoxy) is 1. The van der Waals surface area contributed by atoms with Gasteiger partial charge in [0.1, 0.15) is 0 Å². The molecule has 0 bridgehead atoms. The van der Waals surface area contributed by atoms with Gasteiger partial charge in [-0.1, -0.05) is 6.08 Å². The summed E-state index contributed by atoms with van der Waals surface area (Å²) in [5.41, 5.74) is 0.338. The summed E-state index contributed by atoms with van der Waals surface area (Å²) in [4.78, 5) is 33.0. The van der Waals surface area contributed by atoms with Crippen molar-refractivity contribution in [2.75, 3.05) is 20.2 Å². The predicted octanol–water partition coefficient (Wildman–Crippen LogP) is -3.19. The molecule has 1 aliphatic carbocycles. The van der Waals surface area contributed by atoms with Crippen molar-refractivity contribution < 1.29 is 62.9 Å². The zero-order valence-electron chi connectivity index (χ0n) is 12.6. The van der Waals surface area contributed by atoms with E-state index in [9.17, 15) is 14.4 Å². The van der Waals surface area contributed by atoms with E-state index in [0.717, 1.165) is 0 Å². The third-order valence-corrected chi connectivity index (χ3v) is 2.13. The van der Waals surface area contributed by atoms with Gasteiger partial charge in [0.05, 0.1) is 19.6 Å². The third kappa shape index (κ3) is 11.4. The quantitative estimate of drug-likeness (QED) is 0.438. The topological polar surface area (TPSA) is 233 Å². The van der Waals surface area contributed by atoms with Gasteiger partial charge in [-0.15, -0.1) is 0 Å². The summed E-state index contributed by atoms with van der Waals surface area (Å²) in [6.07, 6.45) is 6.10. The molecule has 0 saturated carbocycles. The fourth-order valence-corrected chi connectivity index (χ4v) is 1.27. The molecule has 24 heavy (non-hydrogen) atoms. The number of aliphatic carboxylic acids is 1. The number of rotatable bonds is 6. The number of carboxylic acid groups (broad SMARTS) is 1. The first kappa shape index (κ1) is 33.4. The van der Waals surface area contributed by atoms with Crippen LogP contribution in [-0.4, -0.2) is 64.9 Å². The van der Waals surface area contributed by atoms with Crippen LogP contribution in [0.4, 0.5) is 0 Å². The molecule has 0 aromatic carbocycles. The molecule has 0 fully saturated rings. The average molecular weight is 396 g/mol. The molecule has 0 aromatic rings. The minimum absolute atomic E-state index is 0. The first-order valence-electron chi connectivity index (χ1n) is 5.37. The average Bonchev–Trinajstić information content (AvgIpc) is 2.38. The molecule has 0 heterocycles. The molecule has 0 spiro atoms. The summed E-state index contributed by atoms with van der Waals surface area (Å²) in [6.45, 7) is -0.740. The van der Waals surface area contributed by atoms with Crippen LogP contribution in [0.3, 0.4) is 0 Å². The van der Waals surface area contributed by atoms with E-state index >= 15 is 0 Å². The van der Waals surface area contributed by atoms with Crippen molar-refractivity contribution in [2.45, 2.75) is 0 Å². The van der Waals surface area contributed by atoms with Crippen LogP contribution in [0.15, 0.2) is 35.8 Å². The summed E-state index contributed by atoms with van der Waals surface area (Å²) >= 11 is 0. The van der Waals surface area contributed by atoms with Gasteiger partial charge < -0.3 is 47.2 Å². The van der Waals surface area contributed by atoms with Gasteiger partial charge in [-0.2, -0.15) is 0 Å². The van der Waals surface area contributed by atoms with E-state index in [0.29, 0.717) is 5.57 Å². The Hall–Kier alpha value is -2.22. The van der Waals surface area contributed by atoms with Gasteiger partial charge in [0, 0.05) is 28.6 Å². The van der Waals surface area contributed by atoms with E-state index in [1.54, 1.807) is 12.2 Å². The van der Waals surface area contributed by atoms with Crippen LogP contribution in [0.1, 0.15) is 0 Å². The Kier molecular flexibility index (Phi) is 23.8. The van der Waals surface area contributed by atoms with E-state index in [1.165, 1.54) is 19.4 Å². The number of hydrogen-bond donors (Lipinski definition) is 2. The van der Waals surface area contributed by atoms with Gasteiger partial charge in [-0.25, -0.2) is 0 Å². The smallest absolute Gasteiger partial charge is 0.285 e. The van der Waals surface area contributed by atoms with Crippen molar-refractivity contribution in [3.63, 3.8) is 0 Å². The van der Waals surface area contributed by atoms with Crippen LogP contribution in [-0.2, 0) is 35.9 Å². The normalized spacial score (nSPS) is 12.6. The Morgan fingerprint density at radius 2 is 1.88 bits per heavy atom. The van der Waals surface area contributed by atoms with Crippen molar-refractivity contribution in [1.82, 2.24) is 5.32 Å². The number of allylic oxidation sites excluding steroid dienone is 4. The Morgan fingerprint density at radius 3 is 2.38 bits per heavy atom. The second-order valence-electron chi connectivity index (χ2n) is 3.51.